The van der Waals surface area contributed by atoms with Crippen molar-refractivity contribution in [1.82, 2.24) is 19.3 Å². The summed E-state index contributed by atoms with van der Waals surface area (Å²) in [6.45, 7) is 4.46. The SMILES string of the molecule is CCc1nn(-c2cccc(Oc3ccc4c5ccccc5n(-c5cc(F)ccn5)c4c3)c2)c(CC)c1[C@@H]1C(c2ccccc2)=CCC[C@@H]1c1ccccc1. The second-order valence-corrected chi connectivity index (χ2v) is 14.0. The van der Waals surface area contributed by atoms with E-state index in [-0.39, 0.29) is 11.7 Å². The first kappa shape index (κ1) is 33.6. The fraction of sp³-hybridized carbons (Fsp3) is 0.167. The number of benzene rings is 5. The first-order valence-corrected chi connectivity index (χ1v) is 19.0. The molecule has 54 heavy (non-hydrogen) atoms. The molecule has 1 aliphatic rings. The van der Waals surface area contributed by atoms with Crippen LogP contribution in [-0.4, -0.2) is 19.3 Å². The first-order chi connectivity index (χ1) is 26.6. The van der Waals surface area contributed by atoms with Crippen LogP contribution < -0.4 is 4.74 Å². The Morgan fingerprint density at radius 2 is 1.48 bits per heavy atom. The third-order valence-electron chi connectivity index (χ3n) is 10.9. The zero-order chi connectivity index (χ0) is 36.6. The van der Waals surface area contributed by atoms with E-state index in [0.717, 1.165) is 58.9 Å². The van der Waals surface area contributed by atoms with E-state index in [9.17, 15) is 4.39 Å². The minimum absolute atomic E-state index is 0.174. The smallest absolute Gasteiger partial charge is 0.140 e. The number of fused-ring (bicyclic) bond motifs is 3. The molecule has 2 atom stereocenters. The van der Waals surface area contributed by atoms with E-state index in [4.69, 9.17) is 9.84 Å². The largest absolute Gasteiger partial charge is 0.457 e. The molecule has 266 valence electrons. The summed E-state index contributed by atoms with van der Waals surface area (Å²) in [6.07, 6.45) is 7.76. The van der Waals surface area contributed by atoms with E-state index >= 15 is 0 Å². The minimum atomic E-state index is -0.332. The van der Waals surface area contributed by atoms with Crippen molar-refractivity contribution in [2.75, 3.05) is 0 Å². The van der Waals surface area contributed by atoms with E-state index in [2.05, 4.69) is 115 Å². The average molecular weight is 709 g/mol. The van der Waals surface area contributed by atoms with Crippen molar-refractivity contribution < 1.29 is 9.13 Å². The Kier molecular flexibility index (Phi) is 8.87. The molecule has 0 saturated carbocycles. The Morgan fingerprint density at radius 3 is 2.28 bits per heavy atom. The molecule has 0 saturated heterocycles. The summed E-state index contributed by atoms with van der Waals surface area (Å²) in [5.74, 6) is 2.08. The maximum absolute atomic E-state index is 14.4. The van der Waals surface area contributed by atoms with Gasteiger partial charge < -0.3 is 4.74 Å². The highest BCUT2D eigenvalue weighted by Gasteiger charge is 2.36. The summed E-state index contributed by atoms with van der Waals surface area (Å²) in [7, 11) is 0. The number of ether oxygens (including phenoxy) is 1. The molecule has 3 aromatic heterocycles. The molecule has 9 rings (SSSR count). The van der Waals surface area contributed by atoms with Gasteiger partial charge in [0.25, 0.3) is 0 Å². The number of allylic oxidation sites excluding steroid dienone is 2. The molecular formula is C48H41FN4O. The Morgan fingerprint density at radius 1 is 0.722 bits per heavy atom. The van der Waals surface area contributed by atoms with Crippen LogP contribution in [0.25, 0.3) is 38.9 Å². The van der Waals surface area contributed by atoms with Crippen molar-refractivity contribution in [2.45, 2.75) is 51.4 Å². The fourth-order valence-corrected chi connectivity index (χ4v) is 8.55. The lowest BCUT2D eigenvalue weighted by atomic mass is 9.69. The molecule has 0 radical (unpaired) electrons. The summed E-state index contributed by atoms with van der Waals surface area (Å²) in [6, 6.07) is 47.1. The molecule has 1 aliphatic carbocycles. The quantitative estimate of drug-likeness (QED) is 0.150. The van der Waals surface area contributed by atoms with Gasteiger partial charge in [0.2, 0.25) is 0 Å². The number of pyridine rings is 1. The van der Waals surface area contributed by atoms with Crippen LogP contribution in [0, 0.1) is 5.82 Å². The number of nitrogens with zero attached hydrogens (tertiary/aromatic N) is 4. The van der Waals surface area contributed by atoms with Gasteiger partial charge in [-0.05, 0) is 84.7 Å². The van der Waals surface area contributed by atoms with Crippen LogP contribution in [0.2, 0.25) is 0 Å². The fourth-order valence-electron chi connectivity index (χ4n) is 8.55. The summed E-state index contributed by atoms with van der Waals surface area (Å²) < 4.78 is 25.2. The van der Waals surface area contributed by atoms with Crippen molar-refractivity contribution in [1.29, 1.82) is 0 Å². The molecular weight excluding hydrogens is 668 g/mol. The van der Waals surface area contributed by atoms with Gasteiger partial charge in [0.05, 0.1) is 22.4 Å². The maximum atomic E-state index is 14.4. The zero-order valence-corrected chi connectivity index (χ0v) is 30.5. The van der Waals surface area contributed by atoms with Gasteiger partial charge in [-0.3, -0.25) is 4.57 Å². The lowest BCUT2D eigenvalue weighted by molar-refractivity contribution is 0.482. The third-order valence-corrected chi connectivity index (χ3v) is 10.9. The van der Waals surface area contributed by atoms with Gasteiger partial charge in [0.15, 0.2) is 0 Å². The van der Waals surface area contributed by atoms with Crippen LogP contribution in [-0.2, 0) is 12.8 Å². The van der Waals surface area contributed by atoms with Crippen LogP contribution in [0.4, 0.5) is 4.39 Å². The van der Waals surface area contributed by atoms with Gasteiger partial charge in [-0.2, -0.15) is 5.10 Å². The number of hydrogen-bond acceptors (Lipinski definition) is 3. The minimum Gasteiger partial charge on any atom is -0.457 e. The highest BCUT2D eigenvalue weighted by Crippen LogP contribution is 2.51. The van der Waals surface area contributed by atoms with Crippen LogP contribution in [0.1, 0.15) is 66.6 Å². The standard InChI is InChI=1S/C48H41FN4O/c1-3-42-48(47-38(32-15-7-5-8-16-32)22-14-23-39(47)33-17-9-6-10-18-33)43(4-2)53(51-42)35-19-13-20-36(30-35)54-37-25-26-41-40-21-11-12-24-44(40)52(45(41)31-37)46-29-34(49)27-28-50-46/h5-13,15-22,24-31,39,47H,3-4,14,23H2,1-2H3/t39-,47-/m1/s1. The normalized spacial score (nSPS) is 15.8. The van der Waals surface area contributed by atoms with Gasteiger partial charge in [-0.25, -0.2) is 14.1 Å². The molecule has 0 amide bonds. The Labute approximate surface area is 315 Å². The van der Waals surface area contributed by atoms with E-state index in [1.165, 1.54) is 46.3 Å². The molecule has 8 aromatic rings. The number of aryl methyl sites for hydroxylation is 1. The number of hydrogen-bond donors (Lipinski definition) is 0. The van der Waals surface area contributed by atoms with Gasteiger partial charge in [-0.1, -0.05) is 105 Å². The Hall–Kier alpha value is -6.27. The van der Waals surface area contributed by atoms with Crippen molar-refractivity contribution in [2.24, 2.45) is 0 Å². The monoisotopic (exact) mass is 708 g/mol. The molecule has 0 spiro atoms. The van der Waals surface area contributed by atoms with Crippen molar-refractivity contribution in [3.63, 3.8) is 0 Å². The molecule has 0 fully saturated rings. The van der Waals surface area contributed by atoms with Crippen LogP contribution in [0.3, 0.4) is 0 Å². The third kappa shape index (κ3) is 5.98. The topological polar surface area (TPSA) is 44.9 Å². The highest BCUT2D eigenvalue weighted by molar-refractivity contribution is 6.09. The molecule has 5 nitrogen and oxygen atoms in total. The van der Waals surface area contributed by atoms with E-state index in [0.29, 0.717) is 23.2 Å². The van der Waals surface area contributed by atoms with Crippen molar-refractivity contribution in [3.05, 3.63) is 186 Å². The molecule has 0 unspecified atom stereocenters. The number of para-hydroxylation sites is 1. The van der Waals surface area contributed by atoms with Crippen molar-refractivity contribution >= 4 is 27.4 Å². The summed E-state index contributed by atoms with van der Waals surface area (Å²) in [5, 5.41) is 7.47. The number of halogens is 1. The predicted molar refractivity (Wildman–Crippen MR) is 217 cm³/mol. The predicted octanol–water partition coefficient (Wildman–Crippen LogP) is 12.2. The summed E-state index contributed by atoms with van der Waals surface area (Å²) in [5.41, 5.74) is 10.6. The summed E-state index contributed by atoms with van der Waals surface area (Å²) in [4.78, 5) is 4.52. The van der Waals surface area contributed by atoms with Crippen LogP contribution in [0.5, 0.6) is 11.5 Å². The van der Waals surface area contributed by atoms with E-state index in [1.54, 1.807) is 0 Å². The number of aromatic nitrogens is 4. The average Bonchev–Trinajstić information content (AvgIpc) is 3.76. The molecule has 0 bridgehead atoms. The number of rotatable bonds is 9. The highest BCUT2D eigenvalue weighted by atomic mass is 19.1. The lowest BCUT2D eigenvalue weighted by Crippen LogP contribution is -2.19. The first-order valence-electron chi connectivity index (χ1n) is 19.0. The van der Waals surface area contributed by atoms with Gasteiger partial charge in [-0.15, -0.1) is 0 Å². The van der Waals surface area contributed by atoms with Crippen LogP contribution >= 0.6 is 0 Å². The molecule has 0 N–H and O–H groups in total. The van der Waals surface area contributed by atoms with Gasteiger partial charge in [0.1, 0.15) is 23.1 Å². The molecule has 3 heterocycles. The lowest BCUT2D eigenvalue weighted by Gasteiger charge is -2.34. The maximum Gasteiger partial charge on any atom is 0.140 e. The zero-order valence-electron chi connectivity index (χ0n) is 30.5. The second-order valence-electron chi connectivity index (χ2n) is 14.0. The molecule has 5 aromatic carbocycles. The summed E-state index contributed by atoms with van der Waals surface area (Å²) >= 11 is 0. The van der Waals surface area contributed by atoms with Crippen LogP contribution in [0.15, 0.2) is 152 Å². The van der Waals surface area contributed by atoms with E-state index < -0.39 is 0 Å². The molecule has 0 aliphatic heterocycles. The Bertz CT molecular complexity index is 2640. The molecule has 6 heteroatoms. The Balaban J connectivity index is 1.13. The second kappa shape index (κ2) is 14.3. The van der Waals surface area contributed by atoms with Gasteiger partial charge in [0, 0.05) is 52.3 Å². The van der Waals surface area contributed by atoms with Crippen molar-refractivity contribution in [3.8, 4) is 23.0 Å². The van der Waals surface area contributed by atoms with Gasteiger partial charge >= 0.3 is 0 Å². The van der Waals surface area contributed by atoms with E-state index in [1.807, 2.05) is 47.0 Å².